The van der Waals surface area contributed by atoms with E-state index in [9.17, 15) is 48.6 Å². The van der Waals surface area contributed by atoms with Crippen molar-refractivity contribution in [3.8, 4) is 12.3 Å². The van der Waals surface area contributed by atoms with Crippen LogP contribution in [-0.4, -0.2) is 198 Å². The summed E-state index contributed by atoms with van der Waals surface area (Å²) in [5.74, 6) is -4.79. The Balaban J connectivity index is 0.0000209. The zero-order valence-electron chi connectivity index (χ0n) is 64.1. The number of fused-ring (bicyclic) bond motifs is 2. The molecule has 1 aliphatic carbocycles. The molecule has 2 aromatic carbocycles. The number of carbonyl (C=O) groups excluding carboxylic acids is 6. The number of aliphatic carboxylic acids is 2. The summed E-state index contributed by atoms with van der Waals surface area (Å²) in [7, 11) is 0. The zero-order valence-corrected chi connectivity index (χ0v) is 66.4. The number of para-hydroxylation sites is 2. The highest BCUT2D eigenvalue weighted by Crippen LogP contribution is 2.48. The number of benzene rings is 2. The van der Waals surface area contributed by atoms with E-state index in [1.165, 1.54) is 47.8 Å². The lowest BCUT2D eigenvalue weighted by atomic mass is 9.81. The van der Waals surface area contributed by atoms with Crippen LogP contribution in [0.2, 0.25) is 0 Å². The van der Waals surface area contributed by atoms with Crippen molar-refractivity contribution < 1.29 is 89.1 Å². The molecule has 0 bridgehead atoms. The van der Waals surface area contributed by atoms with Gasteiger partial charge in [0.25, 0.3) is 0 Å². The van der Waals surface area contributed by atoms with Gasteiger partial charge in [-0.2, -0.15) is 4.58 Å². The van der Waals surface area contributed by atoms with E-state index in [2.05, 4.69) is 158 Å². The molecule has 3 aromatic rings. The van der Waals surface area contributed by atoms with Gasteiger partial charge in [-0.25, -0.2) is 9.48 Å². The fraction of sp³-hybridized carbons (Fsp3) is 0.582. The van der Waals surface area contributed by atoms with Crippen LogP contribution >= 0.6 is 11.6 Å². The highest BCUT2D eigenvalue weighted by atomic mass is 79.9. The Morgan fingerprint density at radius 2 is 1.23 bits per heavy atom. The van der Waals surface area contributed by atoms with E-state index in [0.717, 1.165) is 79.9 Å². The first-order chi connectivity index (χ1) is 51.2. The number of carboxylic acid groups (broad SMARTS) is 2. The van der Waals surface area contributed by atoms with Crippen molar-refractivity contribution in [2.45, 2.75) is 212 Å². The lowest BCUT2D eigenvalue weighted by Crippen LogP contribution is -3.00. The standard InChI is InChI=1S/C79H114ClN13O14.BrH/c1-10-11-20-39-92-65-30-14-12-26-59(65)78(6,7)67(92)34-32-56-23-21-24-57(71(56)80)33-35-68-79(8,9)60-27-13-15-31-66(60)93(68)40-22-25-58-52-91(90-89-58)41-43-105-45-47-107-49-48-106-46-44-104-42-36-69(94)83-54(4)72(97)87-63(50-53(2)3)75(100)85-61(28-16-18-37-81)74(99)84-55(5)73(98)88-64(51-70(95)96)76(101)86-62(77(102)103)29-17-19-38-82;/h1,12-15,26-27,30-35,52-55,61-64H,11,16-25,28-29,36-51,81-82H2,2-9H3,(H7-,83,84,85,86,87,88,94,95,96,97,98,99,100,101,102,103);1H/t54-,55-,61-,62-,63-,64-;/m0./s1. The number of nitrogens with zero attached hydrogens (tertiary/aromatic N) is 5. The van der Waals surface area contributed by atoms with Crippen molar-refractivity contribution in [3.63, 3.8) is 0 Å². The van der Waals surface area contributed by atoms with Crippen molar-refractivity contribution in [1.29, 1.82) is 0 Å². The average molecular weight is 1590 g/mol. The molecule has 6 atom stereocenters. The van der Waals surface area contributed by atoms with E-state index in [1.54, 1.807) is 4.68 Å². The molecule has 29 heteroatoms. The number of aryl methyl sites for hydroxylation is 1. The first-order valence-corrected chi connectivity index (χ1v) is 38.0. The molecule has 0 fully saturated rings. The highest BCUT2D eigenvalue weighted by Gasteiger charge is 2.45. The van der Waals surface area contributed by atoms with E-state index in [-0.39, 0.29) is 85.8 Å². The lowest BCUT2D eigenvalue weighted by Gasteiger charge is -2.27. The van der Waals surface area contributed by atoms with Gasteiger partial charge in [0.1, 0.15) is 42.8 Å². The van der Waals surface area contributed by atoms with Gasteiger partial charge in [-0.05, 0) is 153 Å². The summed E-state index contributed by atoms with van der Waals surface area (Å²) in [4.78, 5) is 106. The topological polar surface area (TPSA) is 375 Å². The number of hydrogen-bond acceptors (Lipinski definition) is 17. The normalized spacial score (nSPS) is 16.8. The summed E-state index contributed by atoms with van der Waals surface area (Å²) < 4.78 is 27.0. The van der Waals surface area contributed by atoms with Gasteiger partial charge in [-0.1, -0.05) is 93.1 Å². The third-order valence-corrected chi connectivity index (χ3v) is 19.6. The number of nitrogens with two attached hydrogens (primary N) is 2. The van der Waals surface area contributed by atoms with Gasteiger partial charge in [0.2, 0.25) is 41.1 Å². The maximum Gasteiger partial charge on any atom is 0.326 e. The molecule has 0 saturated heterocycles. The van der Waals surface area contributed by atoms with E-state index < -0.39 is 90.1 Å². The molecular formula is C79H115BrClN13O14. The minimum atomic E-state index is -1.70. The number of carbonyl (C=O) groups is 8. The Labute approximate surface area is 651 Å². The molecule has 6 amide bonds. The minimum absolute atomic E-state index is 0. The molecule has 3 heterocycles. The van der Waals surface area contributed by atoms with Crippen molar-refractivity contribution >= 4 is 76.1 Å². The number of hydrogen-bond donors (Lipinski definition) is 10. The van der Waals surface area contributed by atoms with E-state index in [0.29, 0.717) is 71.8 Å². The third-order valence-electron chi connectivity index (χ3n) is 19.1. The maximum absolute atomic E-state index is 13.8. The number of halogens is 2. The number of carboxylic acids is 2. The monoisotopic (exact) mass is 1580 g/mol. The van der Waals surface area contributed by atoms with E-state index in [4.69, 9.17) is 48.4 Å². The van der Waals surface area contributed by atoms with Crippen LogP contribution in [0.25, 0.3) is 0 Å². The summed E-state index contributed by atoms with van der Waals surface area (Å²) in [5, 5.41) is 43.8. The number of unbranched alkanes of at least 4 members (excludes halogenated alkanes) is 3. The molecule has 0 saturated carbocycles. The van der Waals surface area contributed by atoms with Crippen LogP contribution in [0.4, 0.5) is 11.4 Å². The van der Waals surface area contributed by atoms with Gasteiger partial charge in [0.15, 0.2) is 5.71 Å². The smallest absolute Gasteiger partial charge is 0.326 e. The largest absolute Gasteiger partial charge is 1.00 e. The van der Waals surface area contributed by atoms with Crippen molar-refractivity contribution in [2.24, 2.45) is 17.4 Å². The summed E-state index contributed by atoms with van der Waals surface area (Å²) in [5.41, 5.74) is 21.6. The van der Waals surface area contributed by atoms with Gasteiger partial charge in [-0.3, -0.25) is 33.6 Å². The fourth-order valence-electron chi connectivity index (χ4n) is 13.2. The summed E-state index contributed by atoms with van der Waals surface area (Å²) in [6, 6.07) is 9.47. The van der Waals surface area contributed by atoms with Crippen LogP contribution in [-0.2, 0) is 81.1 Å². The first kappa shape index (κ1) is 90.5. The maximum atomic E-state index is 13.8. The predicted octanol–water partition coefficient (Wildman–Crippen LogP) is 3.81. The van der Waals surface area contributed by atoms with Crippen LogP contribution in [0.1, 0.15) is 169 Å². The molecule has 6 rings (SSSR count). The Bertz CT molecular complexity index is 3700. The number of allylic oxidation sites excluding steroid dienone is 8. The number of terminal acetylenes is 1. The summed E-state index contributed by atoms with van der Waals surface area (Å²) in [6.07, 6.45) is 23.8. The Morgan fingerprint density at radius 1 is 0.657 bits per heavy atom. The molecule has 12 N–H and O–H groups in total. The number of rotatable bonds is 49. The Hall–Kier alpha value is -8.14. The molecule has 594 valence electrons. The number of ether oxygens (including phenoxy) is 4. The average Bonchev–Trinajstić information content (AvgIpc) is 1.60. The summed E-state index contributed by atoms with van der Waals surface area (Å²) in [6.45, 7) is 20.7. The Morgan fingerprint density at radius 3 is 1.87 bits per heavy atom. The second-order valence-electron chi connectivity index (χ2n) is 28.7. The number of nitrogens with one attached hydrogen (secondary N) is 6. The second-order valence-corrected chi connectivity index (χ2v) is 29.1. The molecule has 2 aliphatic heterocycles. The van der Waals surface area contributed by atoms with Crippen molar-refractivity contribution in [1.82, 2.24) is 46.9 Å². The van der Waals surface area contributed by atoms with Gasteiger partial charge in [-0.15, -0.1) is 17.4 Å². The summed E-state index contributed by atoms with van der Waals surface area (Å²) >= 11 is 7.33. The van der Waals surface area contributed by atoms with Crippen LogP contribution in [0.5, 0.6) is 0 Å². The van der Waals surface area contributed by atoms with Gasteiger partial charge >= 0.3 is 11.9 Å². The molecule has 3 aliphatic rings. The first-order valence-electron chi connectivity index (χ1n) is 37.6. The molecule has 27 nitrogen and oxygen atoms in total. The van der Waals surface area contributed by atoms with Crippen LogP contribution in [0, 0.1) is 18.3 Å². The van der Waals surface area contributed by atoms with Crippen LogP contribution < -0.4 is 65.2 Å². The zero-order chi connectivity index (χ0) is 78.1. The Kier molecular flexibility index (Phi) is 38.9. The quantitative estimate of drug-likeness (QED) is 0.0218. The molecular weight excluding hydrogens is 1470 g/mol. The molecule has 0 unspecified atom stereocenters. The number of amides is 6. The minimum Gasteiger partial charge on any atom is -1.00 e. The van der Waals surface area contributed by atoms with Crippen molar-refractivity contribution in [2.75, 3.05) is 83.9 Å². The van der Waals surface area contributed by atoms with Gasteiger partial charge < -0.3 is 94.4 Å². The third kappa shape index (κ3) is 28.1. The van der Waals surface area contributed by atoms with E-state index >= 15 is 0 Å². The van der Waals surface area contributed by atoms with Crippen LogP contribution in [0.3, 0.4) is 0 Å². The SMILES string of the molecule is C#CCCCN1C(=C/C=C2\CCCC(/C=C/C3=[N+](CCCc4cn(CCOCCOCCOCCOCCC(=O)N[C@@H](C)C(=O)N[C@@H](CC(C)C)C(=O)N[C@@H](CCCCN)C(=O)N[C@@H](C)C(=O)N[C@@H](CC(=O)O)C(=O)N[C@@H](CCCCN)C(=O)O)nn4)c4ccccc4C3(C)C)=C2Cl)C(C)(C)c2ccccc21.[Br-]. The number of aromatic nitrogens is 3. The second kappa shape index (κ2) is 46.4. The van der Waals surface area contributed by atoms with Crippen molar-refractivity contribution in [3.05, 3.63) is 118 Å². The van der Waals surface area contributed by atoms with Gasteiger partial charge in [0.05, 0.1) is 76.9 Å². The van der Waals surface area contributed by atoms with Crippen LogP contribution in [0.15, 0.2) is 101 Å². The van der Waals surface area contributed by atoms with E-state index in [1.807, 2.05) is 20.0 Å². The molecule has 0 spiro atoms. The highest BCUT2D eigenvalue weighted by molar-refractivity contribution is 6.32. The number of anilines is 1. The molecule has 1 aromatic heterocycles. The van der Waals surface area contributed by atoms with Gasteiger partial charge in [0, 0.05) is 71.5 Å². The molecule has 108 heavy (non-hydrogen) atoms. The lowest BCUT2D eigenvalue weighted by molar-refractivity contribution is -0.438. The molecule has 0 radical (unpaired) electrons. The fourth-order valence-corrected chi connectivity index (χ4v) is 13.5. The predicted molar refractivity (Wildman–Crippen MR) is 411 cm³/mol.